The van der Waals surface area contributed by atoms with Gasteiger partial charge < -0.3 is 9.64 Å². The van der Waals surface area contributed by atoms with E-state index in [1.54, 1.807) is 35.6 Å². The molecule has 2 heterocycles. The summed E-state index contributed by atoms with van der Waals surface area (Å²) in [6, 6.07) is 6.19. The molecule has 6 nitrogen and oxygen atoms in total. The number of aryl methyl sites for hydroxylation is 2. The molecule has 3 aromatic rings. The number of alkyl halides is 2. The van der Waals surface area contributed by atoms with Crippen molar-refractivity contribution < 1.29 is 23.1 Å². The van der Waals surface area contributed by atoms with Gasteiger partial charge >= 0.3 is 5.97 Å². The van der Waals surface area contributed by atoms with Crippen molar-refractivity contribution in [1.82, 2.24) is 14.7 Å². The van der Waals surface area contributed by atoms with E-state index in [-0.39, 0.29) is 34.9 Å². The second kappa shape index (κ2) is 10.6. The molecule has 0 bridgehead atoms. The first-order valence-corrected chi connectivity index (χ1v) is 12.8. The third-order valence-electron chi connectivity index (χ3n) is 7.04. The van der Waals surface area contributed by atoms with Gasteiger partial charge in [-0.2, -0.15) is 5.10 Å². The number of methoxy groups -OCH3 is 1. The fourth-order valence-corrected chi connectivity index (χ4v) is 5.51. The van der Waals surface area contributed by atoms with Crippen LogP contribution in [0.1, 0.15) is 58.9 Å². The van der Waals surface area contributed by atoms with E-state index in [4.69, 9.17) is 27.9 Å². The Hall–Kier alpha value is -2.71. The van der Waals surface area contributed by atoms with Gasteiger partial charge in [-0.05, 0) is 62.4 Å². The number of hydrogen-bond acceptors (Lipinski definition) is 4. The number of carbonyl (C=O) groups excluding carboxylic acids is 2. The predicted octanol–water partition coefficient (Wildman–Crippen LogP) is 6.54. The number of hydrogen-bond donors (Lipinski definition) is 0. The maximum atomic E-state index is 14.0. The van der Waals surface area contributed by atoms with Crippen molar-refractivity contribution in [3.63, 3.8) is 0 Å². The van der Waals surface area contributed by atoms with Crippen molar-refractivity contribution >= 4 is 46.0 Å². The topological polar surface area (TPSA) is 64.4 Å². The molecule has 2 aromatic carbocycles. The van der Waals surface area contributed by atoms with Crippen LogP contribution in [0.2, 0.25) is 10.0 Å². The minimum atomic E-state index is -2.97. The molecule has 198 valence electrons. The molecule has 1 aliphatic heterocycles. The molecule has 1 aliphatic rings. The highest BCUT2D eigenvalue weighted by molar-refractivity contribution is 6.38. The minimum absolute atomic E-state index is 0.0702. The van der Waals surface area contributed by atoms with Gasteiger partial charge in [-0.25, -0.2) is 8.78 Å². The number of fused-ring (bicyclic) bond motifs is 1. The highest BCUT2D eigenvalue weighted by Crippen LogP contribution is 2.35. The Morgan fingerprint density at radius 3 is 2.46 bits per heavy atom. The molecule has 0 aliphatic carbocycles. The lowest BCUT2D eigenvalue weighted by Gasteiger charge is -2.32. The molecule has 1 aromatic heterocycles. The lowest BCUT2D eigenvalue weighted by molar-refractivity contribution is -0.142. The number of carbonyl (C=O) groups is 2. The maximum Gasteiger partial charge on any atom is 0.305 e. The summed E-state index contributed by atoms with van der Waals surface area (Å²) in [5, 5.41) is 5.83. The number of likely N-dealkylation sites (tertiary alicyclic amines) is 1. The summed E-state index contributed by atoms with van der Waals surface area (Å²) in [5.41, 5.74) is 2.78. The van der Waals surface area contributed by atoms with E-state index in [1.165, 1.54) is 19.2 Å². The number of esters is 1. The van der Waals surface area contributed by atoms with Gasteiger partial charge in [-0.3, -0.25) is 14.3 Å². The average Bonchev–Trinajstić information content (AvgIpc) is 3.17. The number of piperidine rings is 1. The summed E-state index contributed by atoms with van der Waals surface area (Å²) in [4.78, 5) is 26.6. The van der Waals surface area contributed by atoms with Gasteiger partial charge in [0.1, 0.15) is 0 Å². The number of benzene rings is 2. The Morgan fingerprint density at radius 1 is 1.16 bits per heavy atom. The molecule has 10 heteroatoms. The zero-order chi connectivity index (χ0) is 27.1. The van der Waals surface area contributed by atoms with Crippen LogP contribution in [0.25, 0.3) is 10.9 Å². The van der Waals surface area contributed by atoms with E-state index >= 15 is 0 Å². The third kappa shape index (κ3) is 5.60. The first-order valence-electron chi connectivity index (χ1n) is 12.1. The van der Waals surface area contributed by atoms with Crippen molar-refractivity contribution in [2.24, 2.45) is 5.92 Å². The molecule has 1 amide bonds. The van der Waals surface area contributed by atoms with E-state index in [2.05, 4.69) is 5.10 Å². The number of nitrogens with zero attached hydrogens (tertiary/aromatic N) is 3. The average molecular weight is 552 g/mol. The number of aromatic nitrogens is 2. The number of halogens is 4. The van der Waals surface area contributed by atoms with Crippen LogP contribution >= 0.6 is 23.2 Å². The monoisotopic (exact) mass is 551 g/mol. The van der Waals surface area contributed by atoms with E-state index < -0.39 is 5.92 Å². The lowest BCUT2D eigenvalue weighted by Crippen LogP contribution is -2.39. The SMILES string of the molecule is COC(=O)CC1CCN(C(=O)c2ccc(Cl)c(Cn3nc(C)c4cc(C(C)(F)F)cc(C)c43)c2Cl)CC1. The molecule has 1 saturated heterocycles. The molecular weight excluding hydrogens is 523 g/mol. The van der Waals surface area contributed by atoms with E-state index in [1.807, 2.05) is 0 Å². The van der Waals surface area contributed by atoms with Crippen LogP contribution in [0.4, 0.5) is 8.78 Å². The van der Waals surface area contributed by atoms with Crippen LogP contribution < -0.4 is 0 Å². The summed E-state index contributed by atoms with van der Waals surface area (Å²) in [6.07, 6.45) is 1.75. The molecule has 0 unspecified atom stereocenters. The van der Waals surface area contributed by atoms with Crippen molar-refractivity contribution in [3.05, 3.63) is 62.3 Å². The number of rotatable bonds is 6. The molecule has 0 N–H and O–H groups in total. The smallest absolute Gasteiger partial charge is 0.305 e. The van der Waals surface area contributed by atoms with E-state index in [0.717, 1.165) is 6.92 Å². The van der Waals surface area contributed by atoms with Gasteiger partial charge in [0, 0.05) is 48.0 Å². The van der Waals surface area contributed by atoms with Crippen LogP contribution in [0.5, 0.6) is 0 Å². The standard InChI is InChI=1S/C27H29Cl2F2N3O3/c1-15-11-18(27(3,30)31)13-20-16(2)32-34(25(15)20)14-21-22(28)6-5-19(24(21)29)26(36)33-9-7-17(8-10-33)12-23(35)37-4/h5-6,11,13,17H,7-10,12,14H2,1-4H3. The summed E-state index contributed by atoms with van der Waals surface area (Å²) < 4.78 is 34.4. The first kappa shape index (κ1) is 27.3. The second-order valence-corrected chi connectivity index (χ2v) is 10.5. The number of amides is 1. The van der Waals surface area contributed by atoms with Gasteiger partial charge in [0.25, 0.3) is 11.8 Å². The van der Waals surface area contributed by atoms with Gasteiger partial charge in [-0.1, -0.05) is 23.2 Å². The predicted molar refractivity (Wildman–Crippen MR) is 140 cm³/mol. The summed E-state index contributed by atoms with van der Waals surface area (Å²) >= 11 is 13.3. The van der Waals surface area contributed by atoms with Crippen LogP contribution in [0.3, 0.4) is 0 Å². The lowest BCUT2D eigenvalue weighted by atomic mass is 9.93. The fraction of sp³-hybridized carbons (Fsp3) is 0.444. The van der Waals surface area contributed by atoms with Crippen molar-refractivity contribution in [2.75, 3.05) is 20.2 Å². The second-order valence-electron chi connectivity index (χ2n) is 9.72. The molecule has 0 radical (unpaired) electrons. The molecule has 0 saturated carbocycles. The largest absolute Gasteiger partial charge is 0.469 e. The van der Waals surface area contributed by atoms with Crippen LogP contribution in [0.15, 0.2) is 24.3 Å². The Balaban J connectivity index is 1.61. The highest BCUT2D eigenvalue weighted by Gasteiger charge is 2.29. The van der Waals surface area contributed by atoms with E-state index in [9.17, 15) is 18.4 Å². The molecule has 0 atom stereocenters. The summed E-state index contributed by atoms with van der Waals surface area (Å²) in [5.74, 6) is -3.23. The maximum absolute atomic E-state index is 14.0. The van der Waals surface area contributed by atoms with Crippen LogP contribution in [0, 0.1) is 19.8 Å². The van der Waals surface area contributed by atoms with Crippen molar-refractivity contribution in [3.8, 4) is 0 Å². The molecule has 4 rings (SSSR count). The number of ether oxygens (including phenoxy) is 1. The zero-order valence-corrected chi connectivity index (χ0v) is 22.7. The molecular formula is C27H29Cl2F2N3O3. The quantitative estimate of drug-likeness (QED) is 0.326. The highest BCUT2D eigenvalue weighted by atomic mass is 35.5. The zero-order valence-electron chi connectivity index (χ0n) is 21.2. The molecule has 1 fully saturated rings. The molecule has 0 spiro atoms. The van der Waals surface area contributed by atoms with Crippen molar-refractivity contribution in [2.45, 2.75) is 52.5 Å². The van der Waals surface area contributed by atoms with E-state index in [0.29, 0.717) is 70.7 Å². The van der Waals surface area contributed by atoms with Crippen LogP contribution in [-0.4, -0.2) is 46.8 Å². The fourth-order valence-electron chi connectivity index (χ4n) is 4.94. The summed E-state index contributed by atoms with van der Waals surface area (Å²) in [6.45, 7) is 5.61. The van der Waals surface area contributed by atoms with Crippen LogP contribution in [-0.2, 0) is 22.0 Å². The summed E-state index contributed by atoms with van der Waals surface area (Å²) in [7, 11) is 1.37. The van der Waals surface area contributed by atoms with Crippen molar-refractivity contribution in [1.29, 1.82) is 0 Å². The Bertz CT molecular complexity index is 1360. The van der Waals surface area contributed by atoms with Gasteiger partial charge in [0.05, 0.1) is 35.5 Å². The van der Waals surface area contributed by atoms with Gasteiger partial charge in [0.15, 0.2) is 0 Å². The first-order chi connectivity index (χ1) is 17.4. The van der Waals surface area contributed by atoms with Gasteiger partial charge in [0.2, 0.25) is 0 Å². The third-order valence-corrected chi connectivity index (χ3v) is 7.82. The Labute approximate surface area is 224 Å². The Kier molecular flexibility index (Phi) is 7.81. The minimum Gasteiger partial charge on any atom is -0.469 e. The normalized spacial score (nSPS) is 14.9. The molecule has 37 heavy (non-hydrogen) atoms. The Morgan fingerprint density at radius 2 is 1.84 bits per heavy atom. The van der Waals surface area contributed by atoms with Gasteiger partial charge in [-0.15, -0.1) is 0 Å².